The molecule has 1 aromatic heterocycles. The van der Waals surface area contributed by atoms with Gasteiger partial charge >= 0.3 is 0 Å². The second kappa shape index (κ2) is 7.78. The second-order valence-electron chi connectivity index (χ2n) is 4.71. The van der Waals surface area contributed by atoms with Crippen LogP contribution in [0.25, 0.3) is 0 Å². The van der Waals surface area contributed by atoms with E-state index in [0.29, 0.717) is 5.56 Å². The van der Waals surface area contributed by atoms with Crippen LogP contribution in [0.1, 0.15) is 22.5 Å². The van der Waals surface area contributed by atoms with Gasteiger partial charge in [-0.1, -0.05) is 18.2 Å². The van der Waals surface area contributed by atoms with E-state index in [0.717, 1.165) is 5.69 Å². The zero-order chi connectivity index (χ0) is 15.8. The van der Waals surface area contributed by atoms with Gasteiger partial charge in [0.2, 0.25) is 5.91 Å². The van der Waals surface area contributed by atoms with Crippen molar-refractivity contribution in [3.05, 3.63) is 59.9 Å². The van der Waals surface area contributed by atoms with Crippen LogP contribution >= 0.6 is 0 Å². The first-order valence-electron chi connectivity index (χ1n) is 6.93. The number of nitrogens with zero attached hydrogens (tertiary/aromatic N) is 2. The fraction of sp³-hybridized carbons (Fsp3) is 0.188. The van der Waals surface area contributed by atoms with Crippen LogP contribution < -0.4 is 10.7 Å². The standard InChI is InChI=1S/C16H18N4O2/c1-20-11-5-8-14(20)12-18-19-15(21)9-10-17-16(22)13-6-3-2-4-7-13/h2-8,11-12H,9-10H2,1H3,(H,17,22)(H,19,21)/b18-12+. The lowest BCUT2D eigenvalue weighted by molar-refractivity contribution is -0.120. The van der Waals surface area contributed by atoms with Gasteiger partial charge in [0.1, 0.15) is 0 Å². The van der Waals surface area contributed by atoms with Crippen LogP contribution in [0, 0.1) is 0 Å². The Morgan fingerprint density at radius 3 is 2.64 bits per heavy atom. The summed E-state index contributed by atoms with van der Waals surface area (Å²) in [5, 5.41) is 6.56. The lowest BCUT2D eigenvalue weighted by Gasteiger charge is -2.04. The molecular formula is C16H18N4O2. The van der Waals surface area contributed by atoms with E-state index in [1.807, 2.05) is 36.0 Å². The first-order chi connectivity index (χ1) is 10.7. The number of benzene rings is 1. The highest BCUT2D eigenvalue weighted by Crippen LogP contribution is 1.97. The van der Waals surface area contributed by atoms with E-state index in [-0.39, 0.29) is 24.8 Å². The van der Waals surface area contributed by atoms with E-state index >= 15 is 0 Å². The molecule has 2 amide bonds. The minimum Gasteiger partial charge on any atom is -0.352 e. The molecule has 1 heterocycles. The number of carbonyl (C=O) groups excluding carboxylic acids is 2. The quantitative estimate of drug-likeness (QED) is 0.623. The van der Waals surface area contributed by atoms with Gasteiger partial charge in [-0.15, -0.1) is 0 Å². The summed E-state index contributed by atoms with van der Waals surface area (Å²) >= 11 is 0. The van der Waals surface area contributed by atoms with E-state index in [1.54, 1.807) is 30.5 Å². The monoisotopic (exact) mass is 298 g/mol. The molecule has 0 aliphatic heterocycles. The van der Waals surface area contributed by atoms with Crippen LogP contribution in [0.15, 0.2) is 53.8 Å². The number of aromatic nitrogens is 1. The number of carbonyl (C=O) groups is 2. The molecule has 6 nitrogen and oxygen atoms in total. The Morgan fingerprint density at radius 2 is 1.95 bits per heavy atom. The SMILES string of the molecule is Cn1cccc1/C=N/NC(=O)CCNC(=O)c1ccccc1. The molecule has 0 atom stereocenters. The van der Waals surface area contributed by atoms with Gasteiger partial charge in [-0.25, -0.2) is 5.43 Å². The maximum atomic E-state index is 11.8. The number of rotatable bonds is 6. The van der Waals surface area contributed by atoms with Gasteiger partial charge in [0.05, 0.1) is 11.9 Å². The van der Waals surface area contributed by atoms with E-state index in [9.17, 15) is 9.59 Å². The Balaban J connectivity index is 1.69. The first kappa shape index (κ1) is 15.5. The summed E-state index contributed by atoms with van der Waals surface area (Å²) in [6.45, 7) is 0.263. The molecule has 1 aromatic carbocycles. The largest absolute Gasteiger partial charge is 0.352 e. The summed E-state index contributed by atoms with van der Waals surface area (Å²) < 4.78 is 1.88. The highest BCUT2D eigenvalue weighted by molar-refractivity contribution is 5.94. The lowest BCUT2D eigenvalue weighted by Crippen LogP contribution is -2.29. The third kappa shape index (κ3) is 4.59. The predicted molar refractivity (Wildman–Crippen MR) is 84.5 cm³/mol. The van der Waals surface area contributed by atoms with Crippen molar-refractivity contribution in [3.8, 4) is 0 Å². The maximum Gasteiger partial charge on any atom is 0.251 e. The van der Waals surface area contributed by atoms with Crippen LogP contribution in [0.4, 0.5) is 0 Å². The van der Waals surface area contributed by atoms with Crippen LogP contribution in [0.5, 0.6) is 0 Å². The van der Waals surface area contributed by atoms with Gasteiger partial charge in [-0.2, -0.15) is 5.10 Å². The van der Waals surface area contributed by atoms with Crippen LogP contribution in [0.3, 0.4) is 0 Å². The van der Waals surface area contributed by atoms with Crippen molar-refractivity contribution in [2.45, 2.75) is 6.42 Å². The Labute approximate surface area is 128 Å². The molecule has 2 N–H and O–H groups in total. The molecule has 0 spiro atoms. The van der Waals surface area contributed by atoms with Crippen LogP contribution in [0.2, 0.25) is 0 Å². The summed E-state index contributed by atoms with van der Waals surface area (Å²) in [7, 11) is 1.89. The summed E-state index contributed by atoms with van der Waals surface area (Å²) in [6.07, 6.45) is 3.63. The molecule has 114 valence electrons. The van der Waals surface area contributed by atoms with Crippen molar-refractivity contribution in [2.24, 2.45) is 12.1 Å². The fourth-order valence-corrected chi connectivity index (χ4v) is 1.82. The van der Waals surface area contributed by atoms with Gasteiger partial charge in [0.15, 0.2) is 0 Å². The molecule has 2 aromatic rings. The topological polar surface area (TPSA) is 75.5 Å². The van der Waals surface area contributed by atoms with Crippen molar-refractivity contribution in [2.75, 3.05) is 6.54 Å². The highest BCUT2D eigenvalue weighted by Gasteiger charge is 2.05. The molecule has 22 heavy (non-hydrogen) atoms. The molecule has 0 fully saturated rings. The number of amides is 2. The second-order valence-corrected chi connectivity index (χ2v) is 4.71. The van der Waals surface area contributed by atoms with Crippen molar-refractivity contribution in [1.29, 1.82) is 0 Å². The van der Waals surface area contributed by atoms with Gasteiger partial charge < -0.3 is 9.88 Å². The van der Waals surface area contributed by atoms with Crippen molar-refractivity contribution >= 4 is 18.0 Å². The van der Waals surface area contributed by atoms with Gasteiger partial charge in [0.25, 0.3) is 5.91 Å². The molecule has 0 bridgehead atoms. The number of aryl methyl sites for hydroxylation is 1. The molecule has 0 aliphatic carbocycles. The van der Waals surface area contributed by atoms with Gasteiger partial charge in [0, 0.05) is 31.8 Å². The average molecular weight is 298 g/mol. The minimum absolute atomic E-state index is 0.170. The van der Waals surface area contributed by atoms with Crippen molar-refractivity contribution in [1.82, 2.24) is 15.3 Å². The van der Waals surface area contributed by atoms with Crippen molar-refractivity contribution in [3.63, 3.8) is 0 Å². The molecule has 2 rings (SSSR count). The highest BCUT2D eigenvalue weighted by atomic mass is 16.2. The number of hydrazone groups is 1. The van der Waals surface area contributed by atoms with Gasteiger partial charge in [-0.05, 0) is 24.3 Å². The summed E-state index contributed by atoms with van der Waals surface area (Å²) in [5.41, 5.74) is 3.89. The normalized spacial score (nSPS) is 10.6. The Kier molecular flexibility index (Phi) is 5.48. The van der Waals surface area contributed by atoms with Gasteiger partial charge in [-0.3, -0.25) is 9.59 Å². The van der Waals surface area contributed by atoms with Crippen molar-refractivity contribution < 1.29 is 9.59 Å². The maximum absolute atomic E-state index is 11.8. The van der Waals surface area contributed by atoms with E-state index < -0.39 is 0 Å². The van der Waals surface area contributed by atoms with Crippen LogP contribution in [-0.2, 0) is 11.8 Å². The third-order valence-electron chi connectivity index (χ3n) is 3.04. The molecule has 0 saturated carbocycles. The Hall–Kier alpha value is -2.89. The number of hydrogen-bond donors (Lipinski definition) is 2. The number of nitrogens with one attached hydrogen (secondary N) is 2. The summed E-state index contributed by atoms with van der Waals surface area (Å²) in [4.78, 5) is 23.3. The van der Waals surface area contributed by atoms with E-state index in [4.69, 9.17) is 0 Å². The lowest BCUT2D eigenvalue weighted by atomic mass is 10.2. The molecule has 0 radical (unpaired) electrons. The summed E-state index contributed by atoms with van der Waals surface area (Å²) in [6, 6.07) is 12.6. The summed E-state index contributed by atoms with van der Waals surface area (Å²) in [5.74, 6) is -0.445. The molecule has 0 aliphatic rings. The average Bonchev–Trinajstić information content (AvgIpc) is 2.93. The van der Waals surface area contributed by atoms with Crippen LogP contribution in [-0.4, -0.2) is 29.1 Å². The Morgan fingerprint density at radius 1 is 1.18 bits per heavy atom. The minimum atomic E-state index is -0.251. The molecule has 0 unspecified atom stereocenters. The smallest absolute Gasteiger partial charge is 0.251 e. The predicted octanol–water partition coefficient (Wildman–Crippen LogP) is 1.30. The molecule has 6 heteroatoms. The fourth-order valence-electron chi connectivity index (χ4n) is 1.82. The zero-order valence-electron chi connectivity index (χ0n) is 12.3. The zero-order valence-corrected chi connectivity index (χ0v) is 12.3. The van der Waals surface area contributed by atoms with E-state index in [2.05, 4.69) is 15.8 Å². The first-order valence-corrected chi connectivity index (χ1v) is 6.93. The number of hydrogen-bond acceptors (Lipinski definition) is 3. The molecular weight excluding hydrogens is 280 g/mol. The van der Waals surface area contributed by atoms with E-state index in [1.165, 1.54) is 0 Å². The third-order valence-corrected chi connectivity index (χ3v) is 3.04. The molecule has 0 saturated heterocycles. The Bertz CT molecular complexity index is 662.